The maximum Gasteiger partial charge on any atom is 0.257 e. The van der Waals surface area contributed by atoms with Crippen molar-refractivity contribution in [1.82, 2.24) is 19.7 Å². The van der Waals surface area contributed by atoms with Crippen LogP contribution in [-0.2, 0) is 16.6 Å². The minimum atomic E-state index is -3.63. The Balaban J connectivity index is 2.13. The van der Waals surface area contributed by atoms with Gasteiger partial charge in [0.1, 0.15) is 5.82 Å². The van der Waals surface area contributed by atoms with E-state index < -0.39 is 10.0 Å². The van der Waals surface area contributed by atoms with Gasteiger partial charge >= 0.3 is 0 Å². The fourth-order valence-corrected chi connectivity index (χ4v) is 2.65. The standard InChI is InChI=1S/C13H18N4O3S/c1-9(2)20-13-11(5-4-6-14-13)7-16-21(18,19)12-8-15-10(3)17-12/h4-6,8-9,16H,7H2,1-3H3,(H,15,17). The van der Waals surface area contributed by atoms with E-state index in [4.69, 9.17) is 4.74 Å². The highest BCUT2D eigenvalue weighted by Gasteiger charge is 2.17. The summed E-state index contributed by atoms with van der Waals surface area (Å²) in [5.74, 6) is 0.969. The first-order chi connectivity index (χ1) is 9.88. The fourth-order valence-electron chi connectivity index (χ4n) is 1.67. The molecular weight excluding hydrogens is 292 g/mol. The molecule has 0 fully saturated rings. The Morgan fingerprint density at radius 2 is 2.14 bits per heavy atom. The molecule has 2 N–H and O–H groups in total. The highest BCUT2D eigenvalue weighted by atomic mass is 32.2. The number of H-pyrrole nitrogens is 1. The van der Waals surface area contributed by atoms with Crippen LogP contribution in [0, 0.1) is 6.92 Å². The Labute approximate surface area is 123 Å². The van der Waals surface area contributed by atoms with E-state index in [0.717, 1.165) is 0 Å². The van der Waals surface area contributed by atoms with Crippen molar-refractivity contribution in [3.8, 4) is 5.88 Å². The Hall–Kier alpha value is -1.93. The van der Waals surface area contributed by atoms with Crippen LogP contribution in [0.25, 0.3) is 0 Å². The van der Waals surface area contributed by atoms with E-state index in [0.29, 0.717) is 17.3 Å². The first-order valence-electron chi connectivity index (χ1n) is 6.50. The molecular formula is C13H18N4O3S. The average molecular weight is 310 g/mol. The minimum Gasteiger partial charge on any atom is -0.475 e. The van der Waals surface area contributed by atoms with Crippen LogP contribution in [0.15, 0.2) is 29.6 Å². The molecule has 21 heavy (non-hydrogen) atoms. The molecule has 8 heteroatoms. The van der Waals surface area contributed by atoms with Gasteiger partial charge in [0.15, 0.2) is 5.03 Å². The summed E-state index contributed by atoms with van der Waals surface area (Å²) in [5, 5.41) is 0.0372. The lowest BCUT2D eigenvalue weighted by Gasteiger charge is -2.13. The third-order valence-electron chi connectivity index (χ3n) is 2.62. The van der Waals surface area contributed by atoms with Gasteiger partial charge in [0, 0.05) is 18.3 Å². The van der Waals surface area contributed by atoms with Crippen LogP contribution in [0.2, 0.25) is 0 Å². The SMILES string of the molecule is Cc1ncc(S(=O)(=O)NCc2cccnc2OC(C)C)[nH]1. The molecule has 0 unspecified atom stereocenters. The van der Waals surface area contributed by atoms with Crippen LogP contribution < -0.4 is 9.46 Å². The zero-order valence-corrected chi connectivity index (χ0v) is 12.9. The summed E-state index contributed by atoms with van der Waals surface area (Å²) in [7, 11) is -3.63. The average Bonchev–Trinajstić information content (AvgIpc) is 2.85. The van der Waals surface area contributed by atoms with Crippen molar-refractivity contribution in [2.45, 2.75) is 38.4 Å². The monoisotopic (exact) mass is 310 g/mol. The third-order valence-corrected chi connectivity index (χ3v) is 3.93. The van der Waals surface area contributed by atoms with Gasteiger partial charge in [0.2, 0.25) is 5.88 Å². The van der Waals surface area contributed by atoms with E-state index in [-0.39, 0.29) is 17.7 Å². The van der Waals surface area contributed by atoms with Crippen molar-refractivity contribution in [3.05, 3.63) is 35.9 Å². The number of aromatic nitrogens is 3. The van der Waals surface area contributed by atoms with Crippen LogP contribution >= 0.6 is 0 Å². The summed E-state index contributed by atoms with van der Waals surface area (Å²) >= 11 is 0. The molecule has 0 atom stereocenters. The number of aryl methyl sites for hydroxylation is 1. The molecule has 2 rings (SSSR count). The Bertz CT molecular complexity index is 710. The van der Waals surface area contributed by atoms with E-state index >= 15 is 0 Å². The Morgan fingerprint density at radius 3 is 2.76 bits per heavy atom. The quantitative estimate of drug-likeness (QED) is 0.840. The van der Waals surface area contributed by atoms with Crippen LogP contribution in [-0.4, -0.2) is 29.5 Å². The molecule has 0 radical (unpaired) electrons. The number of rotatable bonds is 6. The van der Waals surface area contributed by atoms with E-state index in [9.17, 15) is 8.42 Å². The number of nitrogens with zero attached hydrogens (tertiary/aromatic N) is 2. The van der Waals surface area contributed by atoms with Crippen LogP contribution in [0.3, 0.4) is 0 Å². The van der Waals surface area contributed by atoms with Crippen molar-refractivity contribution < 1.29 is 13.2 Å². The molecule has 0 aromatic carbocycles. The van der Waals surface area contributed by atoms with Crippen molar-refractivity contribution in [1.29, 1.82) is 0 Å². The topological polar surface area (TPSA) is 97.0 Å². The fraction of sp³-hybridized carbons (Fsp3) is 0.385. The van der Waals surface area contributed by atoms with E-state index in [1.165, 1.54) is 6.20 Å². The zero-order valence-electron chi connectivity index (χ0n) is 12.1. The first-order valence-corrected chi connectivity index (χ1v) is 7.98. The van der Waals surface area contributed by atoms with Gasteiger partial charge in [-0.05, 0) is 26.8 Å². The maximum atomic E-state index is 12.1. The Morgan fingerprint density at radius 1 is 1.38 bits per heavy atom. The molecule has 0 saturated carbocycles. The number of pyridine rings is 1. The van der Waals surface area contributed by atoms with Gasteiger partial charge in [-0.1, -0.05) is 6.07 Å². The van der Waals surface area contributed by atoms with E-state index in [1.54, 1.807) is 25.3 Å². The second-order valence-electron chi connectivity index (χ2n) is 4.79. The van der Waals surface area contributed by atoms with E-state index in [2.05, 4.69) is 19.7 Å². The van der Waals surface area contributed by atoms with Gasteiger partial charge in [-0.25, -0.2) is 23.1 Å². The van der Waals surface area contributed by atoms with Gasteiger partial charge < -0.3 is 9.72 Å². The highest BCUT2D eigenvalue weighted by molar-refractivity contribution is 7.89. The smallest absolute Gasteiger partial charge is 0.257 e. The largest absolute Gasteiger partial charge is 0.475 e. The molecule has 0 aliphatic heterocycles. The molecule has 0 saturated heterocycles. The maximum absolute atomic E-state index is 12.1. The van der Waals surface area contributed by atoms with Gasteiger partial charge in [-0.15, -0.1) is 0 Å². The lowest BCUT2D eigenvalue weighted by atomic mass is 10.3. The predicted octanol–water partition coefficient (Wildman–Crippen LogP) is 1.38. The number of aromatic amines is 1. The highest BCUT2D eigenvalue weighted by Crippen LogP contribution is 2.16. The number of imidazole rings is 1. The van der Waals surface area contributed by atoms with Crippen LogP contribution in [0.4, 0.5) is 0 Å². The molecule has 0 amide bonds. The van der Waals surface area contributed by atoms with Crippen molar-refractivity contribution in [2.75, 3.05) is 0 Å². The van der Waals surface area contributed by atoms with Gasteiger partial charge in [0.05, 0.1) is 12.3 Å². The summed E-state index contributed by atoms with van der Waals surface area (Å²) in [6, 6.07) is 3.50. The van der Waals surface area contributed by atoms with Gasteiger partial charge in [-0.2, -0.15) is 0 Å². The molecule has 2 aromatic rings. The van der Waals surface area contributed by atoms with Gasteiger partial charge in [0.25, 0.3) is 10.0 Å². The van der Waals surface area contributed by atoms with Crippen LogP contribution in [0.5, 0.6) is 5.88 Å². The van der Waals surface area contributed by atoms with Gasteiger partial charge in [-0.3, -0.25) is 0 Å². The summed E-state index contributed by atoms with van der Waals surface area (Å²) in [4.78, 5) is 10.7. The van der Waals surface area contributed by atoms with Crippen molar-refractivity contribution >= 4 is 10.0 Å². The normalized spacial score (nSPS) is 11.8. The first kappa shape index (κ1) is 15.5. The lowest BCUT2D eigenvalue weighted by molar-refractivity contribution is 0.230. The van der Waals surface area contributed by atoms with Crippen LogP contribution in [0.1, 0.15) is 25.2 Å². The number of hydrogen-bond donors (Lipinski definition) is 2. The lowest BCUT2D eigenvalue weighted by Crippen LogP contribution is -2.24. The second-order valence-corrected chi connectivity index (χ2v) is 6.53. The molecule has 2 aromatic heterocycles. The molecule has 0 spiro atoms. The second kappa shape index (κ2) is 6.23. The summed E-state index contributed by atoms with van der Waals surface area (Å²) in [5.41, 5.74) is 0.672. The molecule has 0 aliphatic rings. The zero-order chi connectivity index (χ0) is 15.5. The number of ether oxygens (including phenoxy) is 1. The number of nitrogens with one attached hydrogen (secondary N) is 2. The minimum absolute atomic E-state index is 0.0366. The summed E-state index contributed by atoms with van der Waals surface area (Å²) in [6.45, 7) is 5.55. The summed E-state index contributed by atoms with van der Waals surface area (Å²) < 4.78 is 32.3. The van der Waals surface area contributed by atoms with Crippen molar-refractivity contribution in [2.24, 2.45) is 0 Å². The molecule has 0 bridgehead atoms. The third kappa shape index (κ3) is 4.02. The number of sulfonamides is 1. The molecule has 2 heterocycles. The molecule has 7 nitrogen and oxygen atoms in total. The number of hydrogen-bond acceptors (Lipinski definition) is 5. The van der Waals surface area contributed by atoms with E-state index in [1.807, 2.05) is 13.8 Å². The predicted molar refractivity (Wildman–Crippen MR) is 77.4 cm³/mol. The molecule has 114 valence electrons. The Kier molecular flexibility index (Phi) is 4.59. The van der Waals surface area contributed by atoms with Crippen molar-refractivity contribution in [3.63, 3.8) is 0 Å². The summed E-state index contributed by atoms with van der Waals surface area (Å²) in [6.07, 6.45) is 2.85. The molecule has 0 aliphatic carbocycles.